The van der Waals surface area contributed by atoms with Crippen molar-refractivity contribution < 1.29 is 28.4 Å². The lowest BCUT2D eigenvalue weighted by Crippen LogP contribution is -2.24. The van der Waals surface area contributed by atoms with Gasteiger partial charge < -0.3 is 28.4 Å². The van der Waals surface area contributed by atoms with Crippen LogP contribution in [-0.4, -0.2) is 52.4 Å². The molecule has 1 unspecified atom stereocenters. The van der Waals surface area contributed by atoms with Crippen LogP contribution in [0.15, 0.2) is 48.5 Å². The summed E-state index contributed by atoms with van der Waals surface area (Å²) in [6, 6.07) is 15.3. The lowest BCUT2D eigenvalue weighted by Gasteiger charge is -2.20. The highest BCUT2D eigenvalue weighted by atomic mass is 16.6. The van der Waals surface area contributed by atoms with Crippen LogP contribution in [0.1, 0.15) is 26.2 Å². The van der Waals surface area contributed by atoms with E-state index in [1.54, 1.807) is 0 Å². The van der Waals surface area contributed by atoms with Gasteiger partial charge in [-0.15, -0.1) is 0 Å². The Kier molecular flexibility index (Phi) is 9.63. The van der Waals surface area contributed by atoms with E-state index < -0.39 is 0 Å². The summed E-state index contributed by atoms with van der Waals surface area (Å²) in [6.45, 7) is 5.39. The van der Waals surface area contributed by atoms with Gasteiger partial charge in [0.05, 0.1) is 25.9 Å². The standard InChI is InChI=1S/C24H32O6/c1-2-3-8-20-19-30-24-12-7-6-11-23(24)28-16-14-25-13-15-27-21-9-4-5-10-22(21)29-18-17-26-20/h4-7,9-12,20H,2-3,8,13-19H2,1H3. The minimum atomic E-state index is -0.00434. The second-order valence-corrected chi connectivity index (χ2v) is 7.00. The smallest absolute Gasteiger partial charge is 0.161 e. The summed E-state index contributed by atoms with van der Waals surface area (Å²) in [7, 11) is 0. The van der Waals surface area contributed by atoms with E-state index in [1.165, 1.54) is 0 Å². The van der Waals surface area contributed by atoms with Crippen LogP contribution in [0.5, 0.6) is 23.0 Å². The third-order valence-corrected chi connectivity index (χ3v) is 4.67. The van der Waals surface area contributed by atoms with E-state index in [1.807, 2.05) is 48.5 Å². The molecule has 6 heteroatoms. The summed E-state index contributed by atoms with van der Waals surface area (Å²) in [5.74, 6) is 2.85. The number of hydrogen-bond acceptors (Lipinski definition) is 6. The summed E-state index contributed by atoms with van der Waals surface area (Å²) in [4.78, 5) is 0. The molecule has 1 aliphatic heterocycles. The number of hydrogen-bond donors (Lipinski definition) is 0. The predicted molar refractivity (Wildman–Crippen MR) is 115 cm³/mol. The normalized spacial score (nSPS) is 18.8. The molecule has 0 fully saturated rings. The van der Waals surface area contributed by atoms with Gasteiger partial charge in [-0.1, -0.05) is 44.0 Å². The number of unbranched alkanes of at least 4 members (excludes halogenated alkanes) is 1. The number of ether oxygens (including phenoxy) is 6. The second-order valence-electron chi connectivity index (χ2n) is 7.00. The highest BCUT2D eigenvalue weighted by molar-refractivity contribution is 5.40. The average molecular weight is 417 g/mol. The van der Waals surface area contributed by atoms with Crippen LogP contribution >= 0.6 is 0 Å². The van der Waals surface area contributed by atoms with E-state index in [0.29, 0.717) is 63.5 Å². The maximum absolute atomic E-state index is 6.07. The number of benzene rings is 2. The van der Waals surface area contributed by atoms with Crippen LogP contribution in [0.4, 0.5) is 0 Å². The molecule has 0 spiro atoms. The minimum Gasteiger partial charge on any atom is -0.487 e. The van der Waals surface area contributed by atoms with Gasteiger partial charge in [-0.3, -0.25) is 0 Å². The summed E-state index contributed by atoms with van der Waals surface area (Å²) in [6.07, 6.45) is 3.13. The predicted octanol–water partition coefficient (Wildman–Crippen LogP) is 4.51. The van der Waals surface area contributed by atoms with Gasteiger partial charge in [0.2, 0.25) is 0 Å². The molecule has 0 saturated carbocycles. The Morgan fingerprint density at radius 1 is 0.667 bits per heavy atom. The zero-order chi connectivity index (χ0) is 20.9. The van der Waals surface area contributed by atoms with Crippen LogP contribution in [0.2, 0.25) is 0 Å². The SMILES string of the molecule is CCCCC1COc2ccccc2OCCOCCOc2ccccc2OCCO1. The molecule has 1 aliphatic rings. The zero-order valence-electron chi connectivity index (χ0n) is 17.7. The van der Waals surface area contributed by atoms with E-state index in [4.69, 9.17) is 28.4 Å². The van der Waals surface area contributed by atoms with Crippen molar-refractivity contribution in [2.75, 3.05) is 46.2 Å². The van der Waals surface area contributed by atoms with E-state index >= 15 is 0 Å². The van der Waals surface area contributed by atoms with Crippen LogP contribution < -0.4 is 18.9 Å². The van der Waals surface area contributed by atoms with Crippen LogP contribution in [0.25, 0.3) is 0 Å². The second kappa shape index (κ2) is 13.0. The van der Waals surface area contributed by atoms with Gasteiger partial charge in [0.1, 0.15) is 26.4 Å². The summed E-state index contributed by atoms with van der Waals surface area (Å²) < 4.78 is 35.3. The molecule has 6 nitrogen and oxygen atoms in total. The van der Waals surface area contributed by atoms with Crippen LogP contribution in [0.3, 0.4) is 0 Å². The molecule has 0 aromatic heterocycles. The number of para-hydroxylation sites is 4. The van der Waals surface area contributed by atoms with E-state index in [-0.39, 0.29) is 6.10 Å². The fraction of sp³-hybridized carbons (Fsp3) is 0.500. The molecule has 0 radical (unpaired) electrons. The molecule has 0 aliphatic carbocycles. The van der Waals surface area contributed by atoms with E-state index in [9.17, 15) is 0 Å². The lowest BCUT2D eigenvalue weighted by atomic mass is 10.2. The quantitative estimate of drug-likeness (QED) is 0.734. The van der Waals surface area contributed by atoms with Crippen molar-refractivity contribution in [3.05, 3.63) is 48.5 Å². The molecule has 0 N–H and O–H groups in total. The minimum absolute atomic E-state index is 0.00434. The Balaban J connectivity index is 1.64. The van der Waals surface area contributed by atoms with E-state index in [0.717, 1.165) is 25.0 Å². The monoisotopic (exact) mass is 416 g/mol. The average Bonchev–Trinajstić information content (AvgIpc) is 2.78. The third kappa shape index (κ3) is 7.43. The number of rotatable bonds is 3. The van der Waals surface area contributed by atoms with Gasteiger partial charge >= 0.3 is 0 Å². The van der Waals surface area contributed by atoms with Crippen LogP contribution in [-0.2, 0) is 9.47 Å². The van der Waals surface area contributed by atoms with Gasteiger partial charge in [0.15, 0.2) is 23.0 Å². The largest absolute Gasteiger partial charge is 0.487 e. The Bertz CT molecular complexity index is 735. The summed E-state index contributed by atoms with van der Waals surface area (Å²) >= 11 is 0. The van der Waals surface area contributed by atoms with Crippen molar-refractivity contribution in [3.8, 4) is 23.0 Å². The molecule has 1 atom stereocenters. The summed E-state index contributed by atoms with van der Waals surface area (Å²) in [5.41, 5.74) is 0. The van der Waals surface area contributed by atoms with Gasteiger partial charge in [-0.05, 0) is 30.7 Å². The first-order valence-electron chi connectivity index (χ1n) is 10.8. The maximum Gasteiger partial charge on any atom is 0.161 e. The molecule has 2 aromatic rings. The molecule has 0 saturated heterocycles. The van der Waals surface area contributed by atoms with E-state index in [2.05, 4.69) is 6.92 Å². The fourth-order valence-electron chi connectivity index (χ4n) is 3.10. The molecule has 164 valence electrons. The van der Waals surface area contributed by atoms with Crippen LogP contribution in [0, 0.1) is 0 Å². The third-order valence-electron chi connectivity index (χ3n) is 4.67. The Morgan fingerprint density at radius 3 is 1.70 bits per heavy atom. The first-order valence-corrected chi connectivity index (χ1v) is 10.8. The van der Waals surface area contributed by atoms with Gasteiger partial charge in [-0.2, -0.15) is 0 Å². The first-order chi connectivity index (χ1) is 14.9. The molecule has 0 bridgehead atoms. The highest BCUT2D eigenvalue weighted by Gasteiger charge is 2.13. The zero-order valence-corrected chi connectivity index (χ0v) is 17.7. The maximum atomic E-state index is 6.07. The molecular formula is C24H32O6. The van der Waals surface area contributed by atoms with Crippen molar-refractivity contribution >= 4 is 0 Å². The van der Waals surface area contributed by atoms with Crippen molar-refractivity contribution in [1.82, 2.24) is 0 Å². The Morgan fingerprint density at radius 2 is 1.17 bits per heavy atom. The Labute approximate surface area is 179 Å². The molecule has 3 rings (SSSR count). The fourth-order valence-corrected chi connectivity index (χ4v) is 3.10. The first kappa shape index (κ1) is 22.2. The molecule has 30 heavy (non-hydrogen) atoms. The number of fused-ring (bicyclic) bond motifs is 2. The highest BCUT2D eigenvalue weighted by Crippen LogP contribution is 2.28. The molecule has 2 aromatic carbocycles. The Hall–Kier alpha value is -2.44. The molecule has 1 heterocycles. The topological polar surface area (TPSA) is 55.4 Å². The van der Waals surface area contributed by atoms with Gasteiger partial charge in [0, 0.05) is 0 Å². The van der Waals surface area contributed by atoms with Crippen molar-refractivity contribution in [2.24, 2.45) is 0 Å². The molecular weight excluding hydrogens is 384 g/mol. The van der Waals surface area contributed by atoms with Gasteiger partial charge in [0.25, 0.3) is 0 Å². The molecule has 0 amide bonds. The lowest BCUT2D eigenvalue weighted by molar-refractivity contribution is -0.000603. The summed E-state index contributed by atoms with van der Waals surface area (Å²) in [5, 5.41) is 0. The van der Waals surface area contributed by atoms with Crippen molar-refractivity contribution in [2.45, 2.75) is 32.3 Å². The van der Waals surface area contributed by atoms with Gasteiger partial charge in [-0.25, -0.2) is 0 Å². The van der Waals surface area contributed by atoms with Crippen molar-refractivity contribution in [3.63, 3.8) is 0 Å². The van der Waals surface area contributed by atoms with Crippen molar-refractivity contribution in [1.29, 1.82) is 0 Å².